The zero-order chi connectivity index (χ0) is 16.0. The molecule has 0 amide bonds. The van der Waals surface area contributed by atoms with Gasteiger partial charge in [0, 0.05) is 0 Å². The summed E-state index contributed by atoms with van der Waals surface area (Å²) in [6, 6.07) is 0. The molecule has 0 aromatic carbocycles. The first kappa shape index (κ1) is 24.6. The van der Waals surface area contributed by atoms with E-state index in [1.807, 2.05) is 0 Å². The zero-order valence-electron chi connectivity index (χ0n) is 15.7. The van der Waals surface area contributed by atoms with E-state index in [0.717, 1.165) is 12.8 Å². The van der Waals surface area contributed by atoms with Crippen molar-refractivity contribution in [2.24, 2.45) is 11.5 Å². The normalized spacial score (nSPS) is 11.2. The fourth-order valence-corrected chi connectivity index (χ4v) is 2.41. The van der Waals surface area contributed by atoms with Crippen LogP contribution in [0, 0.1) is 0 Å². The fourth-order valence-electron chi connectivity index (χ4n) is 2.41. The summed E-state index contributed by atoms with van der Waals surface area (Å²) in [5, 5.41) is 11.2. The first-order valence-electron chi connectivity index (χ1n) is 8.52. The molecule has 0 radical (unpaired) electrons. The summed E-state index contributed by atoms with van der Waals surface area (Å²) in [4.78, 5) is 10.4. The Kier molecular flexibility index (Phi) is 18.1. The predicted octanol–water partition coefficient (Wildman–Crippen LogP) is 0.0494. The van der Waals surface area contributed by atoms with Gasteiger partial charge in [0.1, 0.15) is 5.79 Å². The molecule has 0 bridgehead atoms. The number of aliphatic carboxylic acids is 1. The Balaban J connectivity index is -0.00000200. The summed E-state index contributed by atoms with van der Waals surface area (Å²) in [6.45, 7) is 2.06. The number of hydrogen-bond acceptors (Lipinski definition) is 4. The van der Waals surface area contributed by atoms with Crippen LogP contribution in [0.3, 0.4) is 0 Å². The van der Waals surface area contributed by atoms with Crippen molar-refractivity contribution in [1.82, 2.24) is 5.32 Å². The van der Waals surface area contributed by atoms with E-state index in [-0.39, 0.29) is 37.5 Å². The summed E-state index contributed by atoms with van der Waals surface area (Å²) in [6.07, 6.45) is 14.6. The first-order valence-corrected chi connectivity index (χ1v) is 8.52. The minimum Gasteiger partial charge on any atom is -1.00 e. The molecule has 128 valence electrons. The molecule has 0 aliphatic heterocycles. The third-order valence-electron chi connectivity index (χ3n) is 3.76. The van der Waals surface area contributed by atoms with Crippen LogP contribution in [0.4, 0.5) is 0 Å². The van der Waals surface area contributed by atoms with Crippen LogP contribution < -0.4 is 46.3 Å². The van der Waals surface area contributed by atoms with Crippen molar-refractivity contribution in [3.05, 3.63) is 0 Å². The van der Waals surface area contributed by atoms with Crippen molar-refractivity contribution >= 4 is 5.97 Å². The molecule has 0 heterocycles. The summed E-state index contributed by atoms with van der Waals surface area (Å²) in [7, 11) is 0. The van der Waals surface area contributed by atoms with Gasteiger partial charge in [-0.25, -0.2) is 0 Å². The van der Waals surface area contributed by atoms with Crippen molar-refractivity contribution < 1.29 is 40.9 Å². The average Bonchev–Trinajstić information content (AvgIpc) is 2.43. The average molecular weight is 325 g/mol. The predicted molar refractivity (Wildman–Crippen MR) is 88.9 cm³/mol. The Hall–Kier alpha value is 0.350. The fraction of sp³-hybridized carbons (Fsp3) is 0.938. The third kappa shape index (κ3) is 18.4. The van der Waals surface area contributed by atoms with Gasteiger partial charge < -0.3 is 18.0 Å². The number of nitrogens with one attached hydrogen (secondary N) is 1. The van der Waals surface area contributed by atoms with E-state index >= 15 is 0 Å². The molecule has 6 N–H and O–H groups in total. The molecular weight excluding hydrogens is 289 g/mol. The first-order chi connectivity index (χ1) is 9.98. The Labute approximate surface area is 159 Å². The van der Waals surface area contributed by atoms with Gasteiger partial charge in [-0.2, -0.15) is 0 Å². The van der Waals surface area contributed by atoms with E-state index in [0.29, 0.717) is 6.42 Å². The quantitative estimate of drug-likeness (QED) is 0.194. The zero-order valence-corrected chi connectivity index (χ0v) is 16.7. The van der Waals surface area contributed by atoms with Gasteiger partial charge in [0.05, 0.1) is 6.54 Å². The van der Waals surface area contributed by atoms with Crippen molar-refractivity contribution in [2.45, 2.75) is 89.8 Å². The van der Waals surface area contributed by atoms with Gasteiger partial charge in [0.15, 0.2) is 0 Å². The number of carboxylic acid groups (broad SMARTS) is 1. The number of rotatable bonds is 15. The van der Waals surface area contributed by atoms with Crippen LogP contribution in [0.2, 0.25) is 0 Å². The van der Waals surface area contributed by atoms with Gasteiger partial charge in [0.25, 0.3) is 0 Å². The van der Waals surface area contributed by atoms with E-state index in [1.165, 1.54) is 57.8 Å². The van der Waals surface area contributed by atoms with Crippen molar-refractivity contribution in [1.29, 1.82) is 0 Å². The topological polar surface area (TPSA) is 101 Å². The maximum Gasteiger partial charge on any atom is 1.00 e. The summed E-state index contributed by atoms with van der Waals surface area (Å²) in [5.74, 6) is -1.99. The molecule has 22 heavy (non-hydrogen) atoms. The number of hydrogen-bond donors (Lipinski definition) is 4. The van der Waals surface area contributed by atoms with Crippen molar-refractivity contribution in [3.8, 4) is 0 Å². The Morgan fingerprint density at radius 1 is 0.955 bits per heavy atom. The van der Waals surface area contributed by atoms with Crippen LogP contribution in [-0.4, -0.2) is 23.4 Å². The molecule has 0 saturated carbocycles. The Morgan fingerprint density at radius 3 is 1.77 bits per heavy atom. The SMILES string of the molecule is CCCCCCCCCCCCCC(N)(N)NCC(=O)O.[H-].[Na+]. The maximum atomic E-state index is 10.4. The molecule has 0 saturated heterocycles. The van der Waals surface area contributed by atoms with E-state index < -0.39 is 11.8 Å². The molecule has 0 spiro atoms. The smallest absolute Gasteiger partial charge is 1.00 e. The largest absolute Gasteiger partial charge is 1.00 e. The maximum absolute atomic E-state index is 10.4. The van der Waals surface area contributed by atoms with Crippen LogP contribution in [0.5, 0.6) is 0 Å². The minimum atomic E-state index is -1.06. The summed E-state index contributed by atoms with van der Waals surface area (Å²) in [5.41, 5.74) is 11.6. The molecule has 5 nitrogen and oxygen atoms in total. The van der Waals surface area contributed by atoms with Crippen LogP contribution in [-0.2, 0) is 4.79 Å². The van der Waals surface area contributed by atoms with Gasteiger partial charge in [-0.05, 0) is 12.8 Å². The summed E-state index contributed by atoms with van der Waals surface area (Å²) >= 11 is 0. The van der Waals surface area contributed by atoms with Gasteiger partial charge in [-0.1, -0.05) is 71.1 Å². The molecule has 0 fully saturated rings. The van der Waals surface area contributed by atoms with Gasteiger partial charge in [0.2, 0.25) is 0 Å². The molecule has 0 aromatic heterocycles. The second-order valence-corrected chi connectivity index (χ2v) is 6.07. The van der Waals surface area contributed by atoms with Gasteiger partial charge in [-0.3, -0.25) is 10.1 Å². The second-order valence-electron chi connectivity index (χ2n) is 6.07. The Bertz CT molecular complexity index is 270. The molecule has 0 aromatic rings. The number of carbonyl (C=O) groups is 1. The summed E-state index contributed by atoms with van der Waals surface area (Å²) < 4.78 is 0. The molecular formula is C16H36N3NaO2. The number of unbranched alkanes of at least 4 members (excludes halogenated alkanes) is 10. The third-order valence-corrected chi connectivity index (χ3v) is 3.76. The molecule has 0 atom stereocenters. The van der Waals surface area contributed by atoms with Gasteiger partial charge in [-0.15, -0.1) is 0 Å². The molecule has 0 rings (SSSR count). The van der Waals surface area contributed by atoms with Crippen LogP contribution in [0.25, 0.3) is 0 Å². The number of nitrogens with two attached hydrogens (primary N) is 2. The minimum absolute atomic E-state index is 0. The van der Waals surface area contributed by atoms with E-state index in [2.05, 4.69) is 12.2 Å². The molecule has 6 heteroatoms. The van der Waals surface area contributed by atoms with E-state index in [4.69, 9.17) is 16.6 Å². The van der Waals surface area contributed by atoms with Crippen LogP contribution >= 0.6 is 0 Å². The molecule has 0 unspecified atom stereocenters. The van der Waals surface area contributed by atoms with Crippen LogP contribution in [0.1, 0.15) is 85.4 Å². The van der Waals surface area contributed by atoms with E-state index in [1.54, 1.807) is 0 Å². The molecule has 0 aliphatic rings. The number of carboxylic acids is 1. The van der Waals surface area contributed by atoms with Crippen molar-refractivity contribution in [2.75, 3.05) is 6.54 Å². The second kappa shape index (κ2) is 16.2. The van der Waals surface area contributed by atoms with Gasteiger partial charge >= 0.3 is 35.5 Å². The molecule has 0 aliphatic carbocycles. The van der Waals surface area contributed by atoms with E-state index in [9.17, 15) is 4.79 Å². The Morgan fingerprint density at radius 2 is 1.36 bits per heavy atom. The van der Waals surface area contributed by atoms with Crippen LogP contribution in [0.15, 0.2) is 0 Å². The monoisotopic (exact) mass is 325 g/mol. The standard InChI is InChI=1S/C16H35N3O2.Na.H/c1-2-3-4-5-6-7-8-9-10-11-12-13-16(17,18)19-14-15(20)21;;/h19H,2-14,17-18H2,1H3,(H,20,21);;/q;+1;-1. The van der Waals surface area contributed by atoms with Crippen molar-refractivity contribution in [3.63, 3.8) is 0 Å².